The molecule has 2 N–H and O–H groups in total. The zero-order valence-corrected chi connectivity index (χ0v) is 17.1. The van der Waals surface area contributed by atoms with Crippen LogP contribution in [0.5, 0.6) is 0 Å². The van der Waals surface area contributed by atoms with Crippen LogP contribution in [0.3, 0.4) is 0 Å². The molecule has 1 aliphatic heterocycles. The van der Waals surface area contributed by atoms with E-state index in [2.05, 4.69) is 29.4 Å². The summed E-state index contributed by atoms with van der Waals surface area (Å²) in [5.74, 6) is 0.195. The lowest BCUT2D eigenvalue weighted by molar-refractivity contribution is 0.00672. The lowest BCUT2D eigenvalue weighted by Crippen LogP contribution is -2.51. The number of morpholine rings is 1. The maximum Gasteiger partial charge on any atom is 0.265 e. The minimum absolute atomic E-state index is 0.102. The fourth-order valence-electron chi connectivity index (χ4n) is 3.30. The third-order valence-electron chi connectivity index (χ3n) is 4.91. The number of benzene rings is 1. The van der Waals surface area contributed by atoms with Gasteiger partial charge in [0.1, 0.15) is 0 Å². The van der Waals surface area contributed by atoms with E-state index in [1.54, 1.807) is 30.3 Å². The molecule has 2 amide bonds. The Hall–Kier alpha value is -2.22. The van der Waals surface area contributed by atoms with E-state index in [1.165, 1.54) is 11.3 Å². The molecule has 0 spiro atoms. The van der Waals surface area contributed by atoms with Gasteiger partial charge in [-0.15, -0.1) is 11.3 Å². The maximum absolute atomic E-state index is 12.5. The van der Waals surface area contributed by atoms with Crippen LogP contribution in [0.25, 0.3) is 0 Å². The van der Waals surface area contributed by atoms with Crippen LogP contribution in [-0.4, -0.2) is 55.6 Å². The van der Waals surface area contributed by atoms with Gasteiger partial charge in [-0.2, -0.15) is 0 Å². The third-order valence-corrected chi connectivity index (χ3v) is 5.77. The fourth-order valence-corrected chi connectivity index (χ4v) is 3.92. The summed E-state index contributed by atoms with van der Waals surface area (Å²) >= 11 is 1.39. The normalized spacial score (nSPS) is 16.0. The smallest absolute Gasteiger partial charge is 0.265 e. The largest absolute Gasteiger partial charge is 0.379 e. The van der Waals surface area contributed by atoms with Crippen molar-refractivity contribution in [3.8, 4) is 0 Å². The van der Waals surface area contributed by atoms with Crippen molar-refractivity contribution in [3.05, 3.63) is 52.2 Å². The van der Waals surface area contributed by atoms with E-state index in [4.69, 9.17) is 4.74 Å². The molecule has 6 nitrogen and oxygen atoms in total. The molecule has 1 fully saturated rings. The monoisotopic (exact) mass is 401 g/mol. The molecule has 150 valence electrons. The van der Waals surface area contributed by atoms with Gasteiger partial charge in [0.25, 0.3) is 11.8 Å². The molecule has 3 rings (SSSR count). The molecule has 1 saturated heterocycles. The molecule has 1 aromatic carbocycles. The van der Waals surface area contributed by atoms with Gasteiger partial charge in [-0.1, -0.05) is 19.9 Å². The number of carbonyl (C=O) groups is 2. The summed E-state index contributed by atoms with van der Waals surface area (Å²) in [5.41, 5.74) is 1.25. The maximum atomic E-state index is 12.5. The van der Waals surface area contributed by atoms with Crippen LogP contribution in [-0.2, 0) is 4.74 Å². The van der Waals surface area contributed by atoms with Gasteiger partial charge in [0.05, 0.1) is 18.1 Å². The van der Waals surface area contributed by atoms with Gasteiger partial charge in [-0.05, 0) is 41.6 Å². The Labute approximate surface area is 169 Å². The molecule has 0 radical (unpaired) electrons. The highest BCUT2D eigenvalue weighted by Crippen LogP contribution is 2.15. The van der Waals surface area contributed by atoms with Crippen molar-refractivity contribution in [2.45, 2.75) is 19.9 Å². The Kier molecular flexibility index (Phi) is 7.19. The van der Waals surface area contributed by atoms with E-state index in [0.717, 1.165) is 26.3 Å². The highest BCUT2D eigenvalue weighted by Gasteiger charge is 2.24. The lowest BCUT2D eigenvalue weighted by Gasteiger charge is -2.36. The third kappa shape index (κ3) is 5.41. The number of nitrogens with zero attached hydrogens (tertiary/aromatic N) is 1. The van der Waals surface area contributed by atoms with E-state index >= 15 is 0 Å². The molecule has 1 aromatic heterocycles. The number of ether oxygens (including phenoxy) is 1. The summed E-state index contributed by atoms with van der Waals surface area (Å²) in [4.78, 5) is 27.7. The number of hydrogen-bond acceptors (Lipinski definition) is 5. The van der Waals surface area contributed by atoms with Crippen molar-refractivity contribution in [2.24, 2.45) is 5.92 Å². The topological polar surface area (TPSA) is 70.7 Å². The zero-order valence-electron chi connectivity index (χ0n) is 16.3. The van der Waals surface area contributed by atoms with Crippen LogP contribution in [0, 0.1) is 5.92 Å². The Morgan fingerprint density at radius 3 is 2.43 bits per heavy atom. The van der Waals surface area contributed by atoms with Gasteiger partial charge in [0.15, 0.2) is 0 Å². The second kappa shape index (κ2) is 9.82. The Morgan fingerprint density at radius 1 is 1.11 bits per heavy atom. The van der Waals surface area contributed by atoms with E-state index in [9.17, 15) is 9.59 Å². The molecule has 0 saturated carbocycles. The van der Waals surface area contributed by atoms with E-state index in [1.807, 2.05) is 11.4 Å². The first-order valence-electron chi connectivity index (χ1n) is 9.59. The van der Waals surface area contributed by atoms with Crippen LogP contribution in [0.1, 0.15) is 33.9 Å². The molecule has 2 heterocycles. The Balaban J connectivity index is 1.54. The number of anilines is 1. The van der Waals surface area contributed by atoms with E-state index < -0.39 is 0 Å². The van der Waals surface area contributed by atoms with Crippen molar-refractivity contribution < 1.29 is 14.3 Å². The number of nitrogens with one attached hydrogen (secondary N) is 2. The SMILES string of the molecule is CC(C)[C@H](CNC(=O)c1ccc(NC(=O)c2cccs2)cc1)N1CCOCC1. The second-order valence-corrected chi connectivity index (χ2v) is 8.13. The predicted molar refractivity (Wildman–Crippen MR) is 112 cm³/mol. The van der Waals surface area contributed by atoms with Crippen LogP contribution >= 0.6 is 11.3 Å². The molecule has 28 heavy (non-hydrogen) atoms. The molecule has 0 bridgehead atoms. The van der Waals surface area contributed by atoms with Gasteiger partial charge in [0.2, 0.25) is 0 Å². The van der Waals surface area contributed by atoms with Crippen molar-refractivity contribution in [2.75, 3.05) is 38.2 Å². The number of hydrogen-bond donors (Lipinski definition) is 2. The molecule has 1 aliphatic rings. The predicted octanol–water partition coefficient (Wildman–Crippen LogP) is 3.09. The molecule has 0 aliphatic carbocycles. The number of carbonyl (C=O) groups excluding carboxylic acids is 2. The summed E-state index contributed by atoms with van der Waals surface area (Å²) in [6.07, 6.45) is 0. The van der Waals surface area contributed by atoms with Gasteiger partial charge >= 0.3 is 0 Å². The highest BCUT2D eigenvalue weighted by molar-refractivity contribution is 7.12. The first-order valence-corrected chi connectivity index (χ1v) is 10.5. The van der Waals surface area contributed by atoms with Crippen LogP contribution in [0.4, 0.5) is 5.69 Å². The Morgan fingerprint density at radius 2 is 1.82 bits per heavy atom. The minimum atomic E-state index is -0.141. The molecule has 0 unspecified atom stereocenters. The fraction of sp³-hybridized carbons (Fsp3) is 0.429. The summed E-state index contributed by atoms with van der Waals surface area (Å²) < 4.78 is 5.43. The van der Waals surface area contributed by atoms with Crippen LogP contribution in [0.15, 0.2) is 41.8 Å². The summed E-state index contributed by atoms with van der Waals surface area (Å²) in [6.45, 7) is 8.25. The molecule has 1 atom stereocenters. The molecular weight excluding hydrogens is 374 g/mol. The number of rotatable bonds is 7. The van der Waals surface area contributed by atoms with Crippen molar-refractivity contribution in [1.29, 1.82) is 0 Å². The second-order valence-electron chi connectivity index (χ2n) is 7.18. The summed E-state index contributed by atoms with van der Waals surface area (Å²) in [6, 6.07) is 10.9. The molecule has 2 aromatic rings. The van der Waals surface area contributed by atoms with Gasteiger partial charge in [-0.3, -0.25) is 14.5 Å². The van der Waals surface area contributed by atoms with E-state index in [0.29, 0.717) is 28.6 Å². The van der Waals surface area contributed by atoms with Crippen molar-refractivity contribution in [3.63, 3.8) is 0 Å². The number of thiophene rings is 1. The molecular formula is C21H27N3O3S. The number of amides is 2. The summed E-state index contributed by atoms with van der Waals surface area (Å²) in [7, 11) is 0. The lowest BCUT2D eigenvalue weighted by atomic mass is 10.0. The van der Waals surface area contributed by atoms with E-state index in [-0.39, 0.29) is 17.9 Å². The van der Waals surface area contributed by atoms with Gasteiger partial charge in [0, 0.05) is 36.9 Å². The Bertz CT molecular complexity index is 769. The molecule has 7 heteroatoms. The zero-order chi connectivity index (χ0) is 19.9. The van der Waals surface area contributed by atoms with Crippen molar-refractivity contribution >= 4 is 28.8 Å². The summed E-state index contributed by atoms with van der Waals surface area (Å²) in [5, 5.41) is 7.76. The average Bonchev–Trinajstić information content (AvgIpc) is 3.24. The van der Waals surface area contributed by atoms with Crippen LogP contribution < -0.4 is 10.6 Å². The van der Waals surface area contributed by atoms with Gasteiger partial charge in [-0.25, -0.2) is 0 Å². The van der Waals surface area contributed by atoms with Crippen LogP contribution in [0.2, 0.25) is 0 Å². The van der Waals surface area contributed by atoms with Gasteiger partial charge < -0.3 is 15.4 Å². The first-order chi connectivity index (χ1) is 13.5. The average molecular weight is 402 g/mol. The first kappa shape index (κ1) is 20.5. The minimum Gasteiger partial charge on any atom is -0.379 e. The quantitative estimate of drug-likeness (QED) is 0.748. The standard InChI is InChI=1S/C21H27N3O3S/c1-15(2)18(24-9-11-27-12-10-24)14-22-20(25)16-5-7-17(8-6-16)23-21(26)19-4-3-13-28-19/h3-8,13,15,18H,9-12,14H2,1-2H3,(H,22,25)(H,23,26)/t18-/m0/s1. The highest BCUT2D eigenvalue weighted by atomic mass is 32.1. The van der Waals surface area contributed by atoms with Crippen molar-refractivity contribution in [1.82, 2.24) is 10.2 Å².